The van der Waals surface area contributed by atoms with Gasteiger partial charge in [0.15, 0.2) is 17.2 Å². The Hall–Kier alpha value is -2.73. The molecule has 0 unspecified atom stereocenters. The summed E-state index contributed by atoms with van der Waals surface area (Å²) in [6.07, 6.45) is 0.634. The van der Waals surface area contributed by atoms with Gasteiger partial charge in [-0.05, 0) is 43.2 Å². The van der Waals surface area contributed by atoms with Crippen molar-refractivity contribution in [2.75, 3.05) is 27.4 Å². The molecule has 144 valence electrons. The molecule has 0 spiro atoms. The maximum Gasteiger partial charge on any atom is 0.273 e. The second-order valence-corrected chi connectivity index (χ2v) is 5.99. The summed E-state index contributed by atoms with van der Waals surface area (Å²) in [5.41, 5.74) is 1.84. The number of rotatable bonds is 9. The van der Waals surface area contributed by atoms with E-state index in [4.69, 9.17) is 25.9 Å². The van der Waals surface area contributed by atoms with Crippen molar-refractivity contribution in [3.8, 4) is 11.5 Å². The number of methoxy groups -OCH3 is 1. The van der Waals surface area contributed by atoms with E-state index in [9.17, 15) is 4.79 Å². The van der Waals surface area contributed by atoms with Crippen molar-refractivity contribution in [2.45, 2.75) is 13.3 Å². The number of halogens is 1. The molecule has 0 aliphatic rings. The maximum atomic E-state index is 12.5. The first kappa shape index (κ1) is 20.6. The highest BCUT2D eigenvalue weighted by Crippen LogP contribution is 2.28. The Balaban J connectivity index is 1.99. The average molecular weight is 391 g/mol. The highest BCUT2D eigenvalue weighted by Gasteiger charge is 2.15. The molecule has 2 rings (SSSR count). The van der Waals surface area contributed by atoms with Gasteiger partial charge in [-0.25, -0.2) is 0 Å². The lowest BCUT2D eigenvalue weighted by Crippen LogP contribution is -2.33. The second kappa shape index (κ2) is 10.4. The first-order valence-electron chi connectivity index (χ1n) is 8.54. The van der Waals surface area contributed by atoms with E-state index in [1.807, 2.05) is 25.1 Å². The quantitative estimate of drug-likeness (QED) is 0.526. The van der Waals surface area contributed by atoms with Crippen LogP contribution in [-0.4, -0.2) is 39.0 Å². The molecule has 0 radical (unpaired) electrons. The Bertz CT molecular complexity index is 791. The van der Waals surface area contributed by atoms with Crippen LogP contribution in [0.1, 0.15) is 18.1 Å². The van der Waals surface area contributed by atoms with Crippen molar-refractivity contribution in [1.82, 2.24) is 5.32 Å². The molecule has 0 saturated carbocycles. The normalized spacial score (nSPS) is 11.0. The maximum absolute atomic E-state index is 12.5. The smallest absolute Gasteiger partial charge is 0.273 e. The summed E-state index contributed by atoms with van der Waals surface area (Å²) in [7, 11) is 3.00. The van der Waals surface area contributed by atoms with Gasteiger partial charge >= 0.3 is 0 Å². The lowest BCUT2D eigenvalue weighted by atomic mass is 10.1. The van der Waals surface area contributed by atoms with E-state index >= 15 is 0 Å². The number of nitrogens with one attached hydrogen (secondary N) is 1. The number of hydrogen-bond acceptors (Lipinski definition) is 5. The second-order valence-electron chi connectivity index (χ2n) is 5.55. The van der Waals surface area contributed by atoms with Crippen molar-refractivity contribution in [3.63, 3.8) is 0 Å². The Kier molecular flexibility index (Phi) is 7.95. The van der Waals surface area contributed by atoms with Crippen molar-refractivity contribution in [3.05, 3.63) is 58.6 Å². The fraction of sp³-hybridized carbons (Fsp3) is 0.300. The molecule has 7 heteroatoms. The van der Waals surface area contributed by atoms with E-state index in [1.54, 1.807) is 31.4 Å². The third kappa shape index (κ3) is 5.89. The zero-order valence-corrected chi connectivity index (χ0v) is 16.4. The molecule has 1 N–H and O–H groups in total. The molecular weight excluding hydrogens is 368 g/mol. The molecule has 6 nitrogen and oxygen atoms in total. The van der Waals surface area contributed by atoms with Crippen LogP contribution in [0.4, 0.5) is 0 Å². The van der Waals surface area contributed by atoms with Crippen LogP contribution in [0.2, 0.25) is 5.02 Å². The lowest BCUT2D eigenvalue weighted by Gasteiger charge is -2.11. The summed E-state index contributed by atoms with van der Waals surface area (Å²) in [6.45, 7) is 2.92. The van der Waals surface area contributed by atoms with Crippen molar-refractivity contribution < 1.29 is 19.1 Å². The number of carbonyl (C=O) groups excluding carboxylic acids is 1. The van der Waals surface area contributed by atoms with Crippen LogP contribution in [0.15, 0.2) is 47.6 Å². The van der Waals surface area contributed by atoms with Gasteiger partial charge in [-0.1, -0.05) is 35.0 Å². The predicted molar refractivity (Wildman–Crippen MR) is 106 cm³/mol. The van der Waals surface area contributed by atoms with Crippen molar-refractivity contribution >= 4 is 23.2 Å². The first-order chi connectivity index (χ1) is 13.1. The molecule has 0 heterocycles. The van der Waals surface area contributed by atoms with Gasteiger partial charge < -0.3 is 19.6 Å². The molecule has 27 heavy (non-hydrogen) atoms. The summed E-state index contributed by atoms with van der Waals surface area (Å²) >= 11 is 5.89. The van der Waals surface area contributed by atoms with E-state index in [2.05, 4.69) is 10.5 Å². The van der Waals surface area contributed by atoms with Crippen molar-refractivity contribution in [2.24, 2.45) is 5.16 Å². The van der Waals surface area contributed by atoms with Crippen LogP contribution in [0.3, 0.4) is 0 Å². The number of amides is 1. The van der Waals surface area contributed by atoms with Gasteiger partial charge in [0, 0.05) is 17.1 Å². The number of nitrogens with zero attached hydrogens (tertiary/aromatic N) is 1. The molecule has 0 aromatic heterocycles. The molecule has 0 bridgehead atoms. The van der Waals surface area contributed by atoms with E-state index in [0.29, 0.717) is 41.7 Å². The molecule has 0 saturated heterocycles. The summed E-state index contributed by atoms with van der Waals surface area (Å²) < 4.78 is 10.9. The molecule has 0 aliphatic carbocycles. The lowest BCUT2D eigenvalue weighted by molar-refractivity contribution is -0.114. The van der Waals surface area contributed by atoms with Gasteiger partial charge in [-0.15, -0.1) is 0 Å². The Morgan fingerprint density at radius 3 is 2.48 bits per heavy atom. The standard InChI is InChI=1S/C20H23ClN2O4/c1-4-27-17-10-5-14(13-18(17)25-2)11-12-22-20(24)19(23-26-3)15-6-8-16(21)9-7-15/h5-10,13H,4,11-12H2,1-3H3,(H,22,24)/b23-19-. The minimum Gasteiger partial charge on any atom is -0.493 e. The third-order valence-corrected chi connectivity index (χ3v) is 3.99. The highest BCUT2D eigenvalue weighted by atomic mass is 35.5. The monoisotopic (exact) mass is 390 g/mol. The summed E-state index contributed by atoms with van der Waals surface area (Å²) in [6, 6.07) is 12.5. The largest absolute Gasteiger partial charge is 0.493 e. The van der Waals surface area contributed by atoms with Crippen molar-refractivity contribution in [1.29, 1.82) is 0 Å². The summed E-state index contributed by atoms with van der Waals surface area (Å²) in [5, 5.41) is 7.27. The van der Waals surface area contributed by atoms with Gasteiger partial charge in [-0.3, -0.25) is 4.79 Å². The van der Waals surface area contributed by atoms with E-state index < -0.39 is 0 Å². The zero-order valence-electron chi connectivity index (χ0n) is 15.6. The number of oxime groups is 1. The number of hydrogen-bond donors (Lipinski definition) is 1. The van der Waals surface area contributed by atoms with Gasteiger partial charge in [0.2, 0.25) is 0 Å². The SMILES string of the molecule is CCOc1ccc(CCNC(=O)/C(=N\OC)c2ccc(Cl)cc2)cc1OC. The number of carbonyl (C=O) groups is 1. The third-order valence-electron chi connectivity index (χ3n) is 3.74. The van der Waals surface area contributed by atoms with Gasteiger partial charge in [-0.2, -0.15) is 0 Å². The Morgan fingerprint density at radius 2 is 1.85 bits per heavy atom. The molecule has 0 fully saturated rings. The fourth-order valence-corrected chi connectivity index (χ4v) is 2.60. The van der Waals surface area contributed by atoms with Gasteiger partial charge in [0.25, 0.3) is 5.91 Å². The van der Waals surface area contributed by atoms with E-state index in [0.717, 1.165) is 5.56 Å². The molecule has 2 aromatic carbocycles. The van der Waals surface area contributed by atoms with Gasteiger partial charge in [0.05, 0.1) is 13.7 Å². The Morgan fingerprint density at radius 1 is 1.11 bits per heavy atom. The molecular formula is C20H23ClN2O4. The fourth-order valence-electron chi connectivity index (χ4n) is 2.47. The van der Waals surface area contributed by atoms with Crippen LogP contribution in [0.25, 0.3) is 0 Å². The average Bonchev–Trinajstić information content (AvgIpc) is 2.68. The predicted octanol–water partition coefficient (Wildman–Crippen LogP) is 3.46. The van der Waals surface area contributed by atoms with E-state index in [-0.39, 0.29) is 11.6 Å². The van der Waals surface area contributed by atoms with Crippen LogP contribution in [0, 0.1) is 0 Å². The summed E-state index contributed by atoms with van der Waals surface area (Å²) in [4.78, 5) is 17.3. The number of ether oxygens (including phenoxy) is 2. The molecule has 2 aromatic rings. The first-order valence-corrected chi connectivity index (χ1v) is 8.91. The van der Waals surface area contributed by atoms with E-state index in [1.165, 1.54) is 7.11 Å². The molecule has 0 aliphatic heterocycles. The minimum atomic E-state index is -0.322. The minimum absolute atomic E-state index is 0.193. The number of benzene rings is 2. The molecule has 1 amide bonds. The van der Waals surface area contributed by atoms with Crippen LogP contribution >= 0.6 is 11.6 Å². The topological polar surface area (TPSA) is 69.2 Å². The Labute approximate surface area is 164 Å². The molecule has 0 atom stereocenters. The summed E-state index contributed by atoms with van der Waals surface area (Å²) in [5.74, 6) is 1.05. The van der Waals surface area contributed by atoms with Crippen LogP contribution in [-0.2, 0) is 16.1 Å². The highest BCUT2D eigenvalue weighted by molar-refractivity contribution is 6.45. The van der Waals surface area contributed by atoms with Gasteiger partial charge in [0.1, 0.15) is 7.11 Å². The van der Waals surface area contributed by atoms with Crippen LogP contribution < -0.4 is 14.8 Å². The van der Waals surface area contributed by atoms with Crippen LogP contribution in [0.5, 0.6) is 11.5 Å². The zero-order chi connectivity index (χ0) is 19.6.